The van der Waals surface area contributed by atoms with E-state index in [9.17, 15) is 9.59 Å². The predicted molar refractivity (Wildman–Crippen MR) is 91.2 cm³/mol. The minimum absolute atomic E-state index is 0.104. The molecule has 1 saturated carbocycles. The van der Waals surface area contributed by atoms with E-state index in [0.29, 0.717) is 23.6 Å². The van der Waals surface area contributed by atoms with Crippen molar-refractivity contribution >= 4 is 17.5 Å². The molecular formula is C19H26N2O2. The van der Waals surface area contributed by atoms with Crippen molar-refractivity contribution in [3.05, 3.63) is 29.8 Å². The molecule has 2 fully saturated rings. The van der Waals surface area contributed by atoms with Gasteiger partial charge in [-0.1, -0.05) is 44.4 Å². The topological polar surface area (TPSA) is 49.4 Å². The van der Waals surface area contributed by atoms with Crippen LogP contribution in [0, 0.1) is 18.8 Å². The first-order valence-electron chi connectivity index (χ1n) is 8.67. The maximum Gasteiger partial charge on any atom is 0.251 e. The summed E-state index contributed by atoms with van der Waals surface area (Å²) >= 11 is 0. The first-order valence-corrected chi connectivity index (χ1v) is 8.67. The molecule has 0 spiro atoms. The molecular weight excluding hydrogens is 288 g/mol. The monoisotopic (exact) mass is 314 g/mol. The van der Waals surface area contributed by atoms with Crippen LogP contribution >= 0.6 is 0 Å². The average molecular weight is 314 g/mol. The molecule has 124 valence electrons. The lowest BCUT2D eigenvalue weighted by atomic mass is 9.78. The zero-order valence-corrected chi connectivity index (χ0v) is 14.2. The number of rotatable bonds is 3. The van der Waals surface area contributed by atoms with Crippen LogP contribution in [0.1, 0.15) is 45.1 Å². The molecule has 1 aliphatic carbocycles. The Balaban J connectivity index is 1.72. The molecule has 23 heavy (non-hydrogen) atoms. The number of carbonyl (C=O) groups excluding carboxylic acids is 2. The maximum atomic E-state index is 12.7. The summed E-state index contributed by atoms with van der Waals surface area (Å²) in [6.07, 6.45) is 3.81. The fourth-order valence-electron chi connectivity index (χ4n) is 3.80. The number of nitrogens with one attached hydrogen (secondary N) is 1. The lowest BCUT2D eigenvalue weighted by Gasteiger charge is -2.36. The molecule has 0 bridgehead atoms. The number of benzene rings is 1. The van der Waals surface area contributed by atoms with Gasteiger partial charge in [-0.25, -0.2) is 4.90 Å². The Labute approximate surface area is 138 Å². The molecule has 0 aromatic heterocycles. The summed E-state index contributed by atoms with van der Waals surface area (Å²) in [5.41, 5.74) is 1.80. The Morgan fingerprint density at radius 2 is 1.78 bits per heavy atom. The summed E-state index contributed by atoms with van der Waals surface area (Å²) in [5.74, 6) is 0.999. The minimum Gasteiger partial charge on any atom is -0.302 e. The number of hydrogen-bond acceptors (Lipinski definition) is 3. The molecule has 1 aliphatic heterocycles. The fraction of sp³-hybridized carbons (Fsp3) is 0.579. The maximum absolute atomic E-state index is 12.7. The van der Waals surface area contributed by atoms with Gasteiger partial charge in [0.15, 0.2) is 0 Å². The number of imide groups is 1. The Hall–Kier alpha value is -1.68. The second-order valence-electron chi connectivity index (χ2n) is 7.20. The van der Waals surface area contributed by atoms with Crippen molar-refractivity contribution in [3.8, 4) is 0 Å². The predicted octanol–water partition coefficient (Wildman–Crippen LogP) is 3.04. The third-order valence-corrected chi connectivity index (χ3v) is 5.56. The second kappa shape index (κ2) is 6.44. The van der Waals surface area contributed by atoms with E-state index in [1.807, 2.05) is 31.2 Å². The molecule has 4 nitrogen and oxygen atoms in total. The summed E-state index contributed by atoms with van der Waals surface area (Å²) in [6, 6.07) is 7.51. The van der Waals surface area contributed by atoms with Gasteiger partial charge in [0.05, 0.1) is 18.2 Å². The van der Waals surface area contributed by atoms with Gasteiger partial charge in [0.1, 0.15) is 0 Å². The average Bonchev–Trinajstić information content (AvgIpc) is 2.79. The van der Waals surface area contributed by atoms with Gasteiger partial charge >= 0.3 is 0 Å². The van der Waals surface area contributed by atoms with Gasteiger partial charge in [-0.3, -0.25) is 9.59 Å². The normalized spacial score (nSPS) is 31.7. The molecule has 1 N–H and O–H groups in total. The molecule has 4 atom stereocenters. The van der Waals surface area contributed by atoms with Gasteiger partial charge in [-0.15, -0.1) is 0 Å². The zero-order chi connectivity index (χ0) is 16.6. The van der Waals surface area contributed by atoms with E-state index >= 15 is 0 Å². The SMILES string of the molecule is Cc1ccc(N2C(=O)C[C@H](N[C@H]3CCC[C@@H](C)[C@@H]3C)C2=O)cc1. The summed E-state index contributed by atoms with van der Waals surface area (Å²) in [6.45, 7) is 6.52. The van der Waals surface area contributed by atoms with Gasteiger partial charge in [0.25, 0.3) is 5.91 Å². The van der Waals surface area contributed by atoms with Crippen molar-refractivity contribution in [1.82, 2.24) is 5.32 Å². The Kier molecular flexibility index (Phi) is 4.53. The van der Waals surface area contributed by atoms with Crippen molar-refractivity contribution in [3.63, 3.8) is 0 Å². The van der Waals surface area contributed by atoms with E-state index in [0.717, 1.165) is 12.0 Å². The number of aryl methyl sites for hydroxylation is 1. The van der Waals surface area contributed by atoms with Crippen LogP contribution in [0.3, 0.4) is 0 Å². The highest BCUT2D eigenvalue weighted by Crippen LogP contribution is 2.31. The van der Waals surface area contributed by atoms with Crippen LogP contribution < -0.4 is 10.2 Å². The third kappa shape index (κ3) is 3.18. The van der Waals surface area contributed by atoms with Crippen LogP contribution in [-0.2, 0) is 9.59 Å². The van der Waals surface area contributed by atoms with Gasteiger partial charge in [-0.05, 0) is 37.3 Å². The van der Waals surface area contributed by atoms with E-state index in [-0.39, 0.29) is 24.3 Å². The van der Waals surface area contributed by atoms with Crippen LogP contribution in [0.15, 0.2) is 24.3 Å². The molecule has 1 aromatic rings. The molecule has 0 unspecified atom stereocenters. The smallest absolute Gasteiger partial charge is 0.251 e. The Bertz CT molecular complexity index is 596. The highest BCUT2D eigenvalue weighted by atomic mass is 16.2. The van der Waals surface area contributed by atoms with Crippen molar-refractivity contribution in [2.75, 3.05) is 4.90 Å². The second-order valence-corrected chi connectivity index (χ2v) is 7.20. The lowest BCUT2D eigenvalue weighted by molar-refractivity contribution is -0.121. The first-order chi connectivity index (χ1) is 11.0. The zero-order valence-electron chi connectivity index (χ0n) is 14.2. The summed E-state index contributed by atoms with van der Waals surface area (Å²) in [5, 5.41) is 3.48. The summed E-state index contributed by atoms with van der Waals surface area (Å²) < 4.78 is 0. The van der Waals surface area contributed by atoms with Crippen molar-refractivity contribution in [2.45, 2.75) is 58.5 Å². The fourth-order valence-corrected chi connectivity index (χ4v) is 3.80. The van der Waals surface area contributed by atoms with Gasteiger partial charge in [0, 0.05) is 6.04 Å². The molecule has 2 amide bonds. The Morgan fingerprint density at radius 1 is 1.09 bits per heavy atom. The van der Waals surface area contributed by atoms with Crippen LogP contribution in [0.25, 0.3) is 0 Å². The molecule has 1 heterocycles. The third-order valence-electron chi connectivity index (χ3n) is 5.56. The number of nitrogens with zero attached hydrogens (tertiary/aromatic N) is 1. The quantitative estimate of drug-likeness (QED) is 0.873. The largest absolute Gasteiger partial charge is 0.302 e. The van der Waals surface area contributed by atoms with Crippen LogP contribution in [0.4, 0.5) is 5.69 Å². The van der Waals surface area contributed by atoms with Gasteiger partial charge < -0.3 is 5.32 Å². The molecule has 1 aromatic carbocycles. The number of anilines is 1. The highest BCUT2D eigenvalue weighted by molar-refractivity contribution is 6.22. The van der Waals surface area contributed by atoms with E-state index < -0.39 is 0 Å². The first kappa shape index (κ1) is 16.2. The number of carbonyl (C=O) groups is 2. The lowest BCUT2D eigenvalue weighted by Crippen LogP contribution is -2.48. The minimum atomic E-state index is -0.374. The summed E-state index contributed by atoms with van der Waals surface area (Å²) in [7, 11) is 0. The number of amides is 2. The van der Waals surface area contributed by atoms with Crippen LogP contribution in [0.5, 0.6) is 0 Å². The molecule has 3 rings (SSSR count). The van der Waals surface area contributed by atoms with Crippen LogP contribution in [-0.4, -0.2) is 23.9 Å². The molecule has 1 saturated heterocycles. The van der Waals surface area contributed by atoms with Crippen LogP contribution in [0.2, 0.25) is 0 Å². The van der Waals surface area contributed by atoms with E-state index in [1.165, 1.54) is 17.7 Å². The van der Waals surface area contributed by atoms with Crippen molar-refractivity contribution in [1.29, 1.82) is 0 Å². The van der Waals surface area contributed by atoms with Crippen molar-refractivity contribution < 1.29 is 9.59 Å². The number of hydrogen-bond donors (Lipinski definition) is 1. The van der Waals surface area contributed by atoms with E-state index in [4.69, 9.17) is 0 Å². The molecule has 4 heteroatoms. The van der Waals surface area contributed by atoms with Crippen molar-refractivity contribution in [2.24, 2.45) is 11.8 Å². The molecule has 0 radical (unpaired) electrons. The Morgan fingerprint density at radius 3 is 2.48 bits per heavy atom. The highest BCUT2D eigenvalue weighted by Gasteiger charge is 2.41. The van der Waals surface area contributed by atoms with E-state index in [1.54, 1.807) is 0 Å². The standard InChI is InChI=1S/C19H26N2O2/c1-12-7-9-15(10-8-12)21-18(22)11-17(19(21)23)20-16-6-4-5-13(2)14(16)3/h7-10,13-14,16-17,20H,4-6,11H2,1-3H3/t13-,14+,16+,17+/m1/s1. The molecule has 2 aliphatic rings. The van der Waals surface area contributed by atoms with Gasteiger partial charge in [0.2, 0.25) is 5.91 Å². The van der Waals surface area contributed by atoms with E-state index in [2.05, 4.69) is 19.2 Å². The van der Waals surface area contributed by atoms with Gasteiger partial charge in [-0.2, -0.15) is 0 Å². The summed E-state index contributed by atoms with van der Waals surface area (Å²) in [4.78, 5) is 26.4.